The van der Waals surface area contributed by atoms with Crippen molar-refractivity contribution in [3.63, 3.8) is 0 Å². The Bertz CT molecular complexity index is 465. The fraction of sp³-hybridized carbons (Fsp3) is 0.625. The Morgan fingerprint density at radius 2 is 2.19 bits per heavy atom. The number of rotatable bonds is 6. The standard InChI is InChI=1S/C16H27N3O2/c1-4-8-21-15-7-5-6-14(16(15)17)19-11-13(20)9-12(19)10-18(2)3/h5-7,12-13,20H,4,8-11,17H2,1-3H3. The Balaban J connectivity index is 2.23. The third kappa shape index (κ3) is 3.80. The number of β-amino-alcohol motifs (C(OH)–C–C–N with tert-alkyl or cyclic N) is 1. The number of hydrogen-bond donors (Lipinski definition) is 2. The van der Waals surface area contributed by atoms with Crippen LogP contribution in [-0.4, -0.2) is 55.9 Å². The van der Waals surface area contributed by atoms with Gasteiger partial charge in [0.05, 0.1) is 24.1 Å². The number of nitrogen functional groups attached to an aromatic ring is 1. The first kappa shape index (κ1) is 15.9. The molecule has 3 N–H and O–H groups in total. The lowest BCUT2D eigenvalue weighted by Crippen LogP contribution is -2.38. The average Bonchev–Trinajstić information content (AvgIpc) is 2.77. The summed E-state index contributed by atoms with van der Waals surface area (Å²) in [6, 6.07) is 6.16. The van der Waals surface area contributed by atoms with Crippen LogP contribution in [0, 0.1) is 0 Å². The first-order valence-electron chi connectivity index (χ1n) is 7.63. The van der Waals surface area contributed by atoms with Crippen LogP contribution in [0.3, 0.4) is 0 Å². The van der Waals surface area contributed by atoms with E-state index in [9.17, 15) is 5.11 Å². The van der Waals surface area contributed by atoms with Crippen LogP contribution < -0.4 is 15.4 Å². The molecule has 0 saturated carbocycles. The van der Waals surface area contributed by atoms with E-state index < -0.39 is 0 Å². The van der Waals surface area contributed by atoms with Crippen LogP contribution in [-0.2, 0) is 0 Å². The molecule has 2 rings (SSSR count). The predicted octanol–water partition coefficient (Wildman–Crippen LogP) is 1.56. The van der Waals surface area contributed by atoms with E-state index in [1.807, 2.05) is 32.3 Å². The monoisotopic (exact) mass is 293 g/mol. The molecule has 21 heavy (non-hydrogen) atoms. The maximum absolute atomic E-state index is 10.0. The molecule has 1 aliphatic heterocycles. The van der Waals surface area contributed by atoms with Gasteiger partial charge in [0.15, 0.2) is 0 Å². The van der Waals surface area contributed by atoms with Gasteiger partial charge in [-0.1, -0.05) is 13.0 Å². The summed E-state index contributed by atoms with van der Waals surface area (Å²) in [4.78, 5) is 4.35. The first-order chi connectivity index (χ1) is 10.0. The smallest absolute Gasteiger partial charge is 0.144 e. The van der Waals surface area contributed by atoms with Crippen LogP contribution in [0.25, 0.3) is 0 Å². The zero-order chi connectivity index (χ0) is 15.4. The zero-order valence-electron chi connectivity index (χ0n) is 13.2. The summed E-state index contributed by atoms with van der Waals surface area (Å²) in [6.45, 7) is 4.26. The number of nitrogens with zero attached hydrogens (tertiary/aromatic N) is 2. The molecule has 2 unspecified atom stereocenters. The van der Waals surface area contributed by atoms with E-state index in [0.29, 0.717) is 18.8 Å². The lowest BCUT2D eigenvalue weighted by atomic mass is 10.1. The van der Waals surface area contributed by atoms with Crippen LogP contribution in [0.4, 0.5) is 11.4 Å². The van der Waals surface area contributed by atoms with Crippen LogP contribution in [0.1, 0.15) is 19.8 Å². The van der Waals surface area contributed by atoms with Crippen molar-refractivity contribution in [1.29, 1.82) is 0 Å². The van der Waals surface area contributed by atoms with E-state index in [0.717, 1.165) is 30.8 Å². The minimum Gasteiger partial charge on any atom is -0.491 e. The fourth-order valence-electron chi connectivity index (χ4n) is 2.90. The molecule has 1 saturated heterocycles. The molecule has 0 bridgehead atoms. The summed E-state index contributed by atoms with van der Waals surface area (Å²) in [6.07, 6.45) is 1.43. The molecule has 0 aliphatic carbocycles. The molecule has 5 heteroatoms. The van der Waals surface area contributed by atoms with Gasteiger partial charge in [0.25, 0.3) is 0 Å². The van der Waals surface area contributed by atoms with Crippen LogP contribution in [0.2, 0.25) is 0 Å². The number of nitrogens with two attached hydrogens (primary N) is 1. The Morgan fingerprint density at radius 3 is 2.86 bits per heavy atom. The summed E-state index contributed by atoms with van der Waals surface area (Å²) < 4.78 is 5.70. The summed E-state index contributed by atoms with van der Waals surface area (Å²) >= 11 is 0. The number of aliphatic hydroxyl groups excluding tert-OH is 1. The zero-order valence-corrected chi connectivity index (χ0v) is 13.2. The van der Waals surface area contributed by atoms with Gasteiger partial charge in [-0.2, -0.15) is 0 Å². The number of ether oxygens (including phenoxy) is 1. The normalized spacial score (nSPS) is 22.0. The third-order valence-corrected chi connectivity index (χ3v) is 3.78. The third-order valence-electron chi connectivity index (χ3n) is 3.78. The lowest BCUT2D eigenvalue weighted by molar-refractivity contribution is 0.191. The Morgan fingerprint density at radius 1 is 1.43 bits per heavy atom. The van der Waals surface area contributed by atoms with E-state index in [1.165, 1.54) is 0 Å². The van der Waals surface area contributed by atoms with Gasteiger partial charge in [-0.3, -0.25) is 0 Å². The predicted molar refractivity (Wildman–Crippen MR) is 87.0 cm³/mol. The largest absolute Gasteiger partial charge is 0.491 e. The lowest BCUT2D eigenvalue weighted by Gasteiger charge is -2.30. The number of likely N-dealkylation sites (N-methyl/N-ethyl adjacent to an activating group) is 1. The van der Waals surface area contributed by atoms with E-state index in [1.54, 1.807) is 0 Å². The van der Waals surface area contributed by atoms with Gasteiger partial charge in [0.2, 0.25) is 0 Å². The molecule has 1 aromatic carbocycles. The van der Waals surface area contributed by atoms with Crippen molar-refractivity contribution in [2.24, 2.45) is 0 Å². The topological polar surface area (TPSA) is 62.0 Å². The van der Waals surface area contributed by atoms with Gasteiger partial charge in [0, 0.05) is 19.1 Å². The molecule has 118 valence electrons. The molecule has 0 radical (unpaired) electrons. The highest BCUT2D eigenvalue weighted by Crippen LogP contribution is 2.36. The van der Waals surface area contributed by atoms with Crippen molar-refractivity contribution >= 4 is 11.4 Å². The quantitative estimate of drug-likeness (QED) is 0.779. The minimum absolute atomic E-state index is 0.277. The molecule has 5 nitrogen and oxygen atoms in total. The molecule has 2 atom stereocenters. The van der Waals surface area contributed by atoms with Gasteiger partial charge >= 0.3 is 0 Å². The van der Waals surface area contributed by atoms with Crippen molar-refractivity contribution in [2.75, 3.05) is 44.4 Å². The highest BCUT2D eigenvalue weighted by Gasteiger charge is 2.32. The van der Waals surface area contributed by atoms with Crippen molar-refractivity contribution in [2.45, 2.75) is 31.9 Å². The fourth-order valence-corrected chi connectivity index (χ4v) is 2.90. The summed E-state index contributed by atoms with van der Waals surface area (Å²) in [5.41, 5.74) is 7.92. The number of aliphatic hydroxyl groups is 1. The molecule has 1 heterocycles. The molecule has 1 aliphatic rings. The van der Waals surface area contributed by atoms with Crippen molar-refractivity contribution in [1.82, 2.24) is 4.90 Å². The van der Waals surface area contributed by atoms with Gasteiger partial charge in [-0.25, -0.2) is 0 Å². The number of hydrogen-bond acceptors (Lipinski definition) is 5. The second-order valence-corrected chi connectivity index (χ2v) is 6.00. The second kappa shape index (κ2) is 7.00. The minimum atomic E-state index is -0.297. The van der Waals surface area contributed by atoms with Crippen molar-refractivity contribution in [3.8, 4) is 5.75 Å². The van der Waals surface area contributed by atoms with Crippen LogP contribution in [0.15, 0.2) is 18.2 Å². The first-order valence-corrected chi connectivity index (χ1v) is 7.63. The number of anilines is 2. The molecule has 0 amide bonds. The van der Waals surface area contributed by atoms with E-state index in [-0.39, 0.29) is 12.1 Å². The SMILES string of the molecule is CCCOc1cccc(N2CC(O)CC2CN(C)C)c1N. The Kier molecular flexibility index (Phi) is 5.31. The maximum atomic E-state index is 10.0. The highest BCUT2D eigenvalue weighted by atomic mass is 16.5. The second-order valence-electron chi connectivity index (χ2n) is 6.00. The summed E-state index contributed by atoms with van der Waals surface area (Å²) in [5, 5.41) is 10.0. The molecule has 1 fully saturated rings. The number of benzene rings is 1. The van der Waals surface area contributed by atoms with E-state index >= 15 is 0 Å². The van der Waals surface area contributed by atoms with Crippen LogP contribution >= 0.6 is 0 Å². The van der Waals surface area contributed by atoms with Crippen LogP contribution in [0.5, 0.6) is 5.75 Å². The molecular formula is C16H27N3O2. The maximum Gasteiger partial charge on any atom is 0.144 e. The molecule has 0 aromatic heterocycles. The highest BCUT2D eigenvalue weighted by molar-refractivity contribution is 5.74. The van der Waals surface area contributed by atoms with Gasteiger partial charge in [-0.15, -0.1) is 0 Å². The molecule has 0 spiro atoms. The summed E-state index contributed by atoms with van der Waals surface area (Å²) in [7, 11) is 4.10. The van der Waals surface area contributed by atoms with Gasteiger partial charge in [-0.05, 0) is 39.1 Å². The van der Waals surface area contributed by atoms with Crippen molar-refractivity contribution < 1.29 is 9.84 Å². The van der Waals surface area contributed by atoms with Gasteiger partial charge in [0.1, 0.15) is 5.75 Å². The molecule has 1 aromatic rings. The number of para-hydroxylation sites is 1. The molecular weight excluding hydrogens is 266 g/mol. The van der Waals surface area contributed by atoms with E-state index in [2.05, 4.69) is 16.7 Å². The average molecular weight is 293 g/mol. The summed E-state index contributed by atoms with van der Waals surface area (Å²) in [5.74, 6) is 0.736. The Labute approximate surface area is 127 Å². The van der Waals surface area contributed by atoms with Gasteiger partial charge < -0.3 is 25.4 Å². The van der Waals surface area contributed by atoms with Crippen molar-refractivity contribution in [3.05, 3.63) is 18.2 Å². The van der Waals surface area contributed by atoms with E-state index in [4.69, 9.17) is 10.5 Å². The Hall–Kier alpha value is -1.46.